The summed E-state index contributed by atoms with van der Waals surface area (Å²) in [5, 5.41) is 66.9. The van der Waals surface area contributed by atoms with Gasteiger partial charge in [0.05, 0.1) is 66.7 Å². The highest BCUT2D eigenvalue weighted by Gasteiger charge is 2.58. The van der Waals surface area contributed by atoms with Gasteiger partial charge in [0.25, 0.3) is 0 Å². The number of thiazole rings is 1. The van der Waals surface area contributed by atoms with Gasteiger partial charge < -0.3 is 59.6 Å². The van der Waals surface area contributed by atoms with Gasteiger partial charge in [0.1, 0.15) is 52.1 Å². The van der Waals surface area contributed by atoms with Crippen molar-refractivity contribution in [1.29, 1.82) is 0 Å². The molecule has 14 aromatic rings. The van der Waals surface area contributed by atoms with E-state index in [1.165, 1.54) is 40.9 Å². The number of carbonyl (C=O) groups excluding carboxylic acids is 5. The van der Waals surface area contributed by atoms with Crippen LogP contribution in [0.1, 0.15) is 122 Å². The number of halogens is 4. The molecule has 0 unspecified atom stereocenters. The second-order valence-electron chi connectivity index (χ2n) is 33.7. The number of pyridine rings is 2. The Balaban J connectivity index is 0.000000102. The Morgan fingerprint density at radius 1 is 0.408 bits per heavy atom. The van der Waals surface area contributed by atoms with Crippen LogP contribution in [0.4, 0.5) is 70.0 Å². The molecule has 652 valence electrons. The van der Waals surface area contributed by atoms with Gasteiger partial charge in [-0.05, 0) is 209 Å². The molecule has 15 heterocycles. The van der Waals surface area contributed by atoms with Crippen LogP contribution >= 0.6 is 34.3 Å². The van der Waals surface area contributed by atoms with Crippen molar-refractivity contribution in [1.82, 2.24) is 19.9 Å². The van der Waals surface area contributed by atoms with E-state index in [-0.39, 0.29) is 66.4 Å². The molecule has 10 aliphatic rings. The molecule has 0 bridgehead atoms. The number of ketones is 5. The molecule has 5 aromatic heterocycles. The predicted octanol–water partition coefficient (Wildman–Crippen LogP) is 17.1. The van der Waals surface area contributed by atoms with Gasteiger partial charge in [-0.2, -0.15) is 0 Å². The van der Waals surface area contributed by atoms with Crippen LogP contribution < -0.4 is 24.5 Å². The molecular formula is C98H78ClF3N14O12S2. The highest BCUT2D eigenvalue weighted by atomic mass is 35.5. The summed E-state index contributed by atoms with van der Waals surface area (Å²) in [6.45, 7) is 12.7. The zero-order valence-electron chi connectivity index (χ0n) is 70.5. The molecule has 0 aliphatic carbocycles. The van der Waals surface area contributed by atoms with Crippen molar-refractivity contribution in [3.63, 3.8) is 0 Å². The zero-order valence-corrected chi connectivity index (χ0v) is 72.9. The molecule has 32 heteroatoms. The Morgan fingerprint density at radius 3 is 1.27 bits per heavy atom. The van der Waals surface area contributed by atoms with Crippen molar-refractivity contribution in [2.45, 2.75) is 108 Å². The highest BCUT2D eigenvalue weighted by Crippen LogP contribution is 2.49. The molecule has 130 heavy (non-hydrogen) atoms. The van der Waals surface area contributed by atoms with Gasteiger partial charge in [0.15, 0.2) is 39.5 Å². The number of amidine groups is 5. The first-order chi connectivity index (χ1) is 62.3. The number of oxazole rings is 1. The number of aliphatic imine (C=N–C) groups is 5. The van der Waals surface area contributed by atoms with E-state index >= 15 is 0 Å². The molecule has 0 spiro atoms. The number of hydrogen-bond donors (Lipinski definition) is 6. The molecular weight excluding hydrogens is 1720 g/mol. The predicted molar refractivity (Wildman–Crippen MR) is 495 cm³/mol. The number of anilines is 5. The Morgan fingerprint density at radius 2 is 0.808 bits per heavy atom. The fourth-order valence-electron chi connectivity index (χ4n) is 18.3. The molecule has 6 N–H and O–H groups in total. The average Bonchev–Trinajstić information content (AvgIpc) is 1.56. The molecule has 0 radical (unpaired) electrons. The van der Waals surface area contributed by atoms with Crippen LogP contribution in [0, 0.1) is 59.0 Å². The van der Waals surface area contributed by atoms with E-state index < -0.39 is 62.8 Å². The topological polar surface area (TPSA) is 349 Å². The first-order valence-electron chi connectivity index (χ1n) is 41.9. The van der Waals surface area contributed by atoms with Gasteiger partial charge >= 0.3 is 0 Å². The van der Waals surface area contributed by atoms with Crippen LogP contribution in [0.25, 0.3) is 43.1 Å². The zero-order chi connectivity index (χ0) is 90.7. The number of thiophene rings is 1. The van der Waals surface area contributed by atoms with Crippen molar-refractivity contribution >= 4 is 192 Å². The number of aryl methyl sites for hydroxylation is 6. The molecule has 5 fully saturated rings. The first-order valence-corrected chi connectivity index (χ1v) is 44.0. The maximum Gasteiger partial charge on any atom is 0.214 e. The number of Topliss-reactive ketones (excluding diaryl/α,β-unsaturated/α-hetero) is 5. The number of aliphatic hydroxyl groups is 6. The summed E-state index contributed by atoms with van der Waals surface area (Å²) >= 11 is 9.12. The summed E-state index contributed by atoms with van der Waals surface area (Å²) < 4.78 is 48.3. The lowest BCUT2D eigenvalue weighted by Gasteiger charge is -2.30. The van der Waals surface area contributed by atoms with E-state index in [2.05, 4.69) is 44.9 Å². The SMILES string of the molecule is Cc1cc2c(cc1F)C(=O)[C@]1(O)CCN(c3ccc4ncccc4c3)C1=N2.Cc1cc2c(cc1F)C(=O)[C@]1(O)CCN(c3ccc4ncsc4c3)C1=N2.Cc1cc2c(s1)C(=O)[C@]1(O)CCN(c3ccc4ncccc4c3)C1=N2.Cc1ccc2c(c1)C(=O)[C@]1(O)CCN(c3ccc(CO)c(Cl)c3)C1=N2.Cc1nc2cc(N3CC[C@@]4(O)C(=O)c5cc(F)c(C)cc5N=C34)ccc2o1. The number of carbonyl (C=O) groups is 5. The highest BCUT2D eigenvalue weighted by molar-refractivity contribution is 7.16. The lowest BCUT2D eigenvalue weighted by molar-refractivity contribution is 0.0599. The lowest BCUT2D eigenvalue weighted by Crippen LogP contribution is -2.48. The van der Waals surface area contributed by atoms with Gasteiger partial charge in [0.2, 0.25) is 28.9 Å². The number of aliphatic hydroxyl groups excluding tert-OH is 1. The largest absolute Gasteiger partial charge is 0.441 e. The second kappa shape index (κ2) is 31.7. The van der Waals surface area contributed by atoms with Gasteiger partial charge in [0, 0.05) is 156 Å². The van der Waals surface area contributed by atoms with Crippen LogP contribution in [0.2, 0.25) is 5.02 Å². The van der Waals surface area contributed by atoms with Crippen LogP contribution in [0.5, 0.6) is 0 Å². The van der Waals surface area contributed by atoms with Crippen molar-refractivity contribution < 1.29 is 72.2 Å². The second-order valence-corrected chi connectivity index (χ2v) is 36.2. The van der Waals surface area contributed by atoms with Crippen molar-refractivity contribution in [2.75, 3.05) is 57.2 Å². The van der Waals surface area contributed by atoms with E-state index in [0.717, 1.165) is 77.0 Å². The molecule has 9 aromatic carbocycles. The lowest BCUT2D eigenvalue weighted by atomic mass is 9.87. The molecule has 0 saturated carbocycles. The third-order valence-electron chi connectivity index (χ3n) is 25.4. The van der Waals surface area contributed by atoms with Crippen molar-refractivity contribution in [3.05, 3.63) is 282 Å². The van der Waals surface area contributed by atoms with E-state index in [1.54, 1.807) is 94.1 Å². The standard InChI is InChI=1S/C21H16FN3O2.C20H16FN3O3.C19H17ClN2O3.C19H14FN3O2S.C19H15N3O2S/c1-12-9-18-15(11-16(12)22)19(26)21(27)6-8-25(20(21)24-18)14-4-5-17-13(10-14)3-2-7-23-17;1-10-7-15-13(9-14(10)21)18(25)20(26)5-6-24(19(20)23-15)12-3-4-17-16(8-12)22-11(2)27-17;1-11-2-5-16-14(8-11)17(24)19(25)6-7-22(18(19)21-16)13-4-3-12(10-23)15(20)9-13;1-10-6-15-12(8-13(10)20)17(24)19(25)4-5-23(18(19)22-15)11-2-3-14-16(7-11)26-9-21-14;1-11-9-15-16(25-11)17(23)19(24)6-8-22(18(19)21-15)13-4-5-14-12(10-13)3-2-7-20-14/h2-5,7,9-11,27H,6,8H2,1H3;3-4,7-9,26H,5-6H2,1-2H3;2-5,8-9,23,25H,6-7,10H2,1H3;2-3,6-9,25H,4-5H2,1H3;2-5,7,9-10,24H,6,8H2,1H3/t21-;20-;3*19-/m11111/s1. The number of aromatic nitrogens is 4. The van der Waals surface area contributed by atoms with Crippen molar-refractivity contribution in [3.8, 4) is 0 Å². The van der Waals surface area contributed by atoms with Crippen LogP contribution in [0.3, 0.4) is 0 Å². The Bertz CT molecular complexity index is 7460. The quantitative estimate of drug-likeness (QED) is 0.0900. The molecule has 10 aliphatic heterocycles. The minimum Gasteiger partial charge on any atom is -0.441 e. The normalized spacial score (nSPS) is 21.6. The fraction of sp³-hybridized carbons (Fsp3) is 0.224. The smallest absolute Gasteiger partial charge is 0.214 e. The van der Waals surface area contributed by atoms with Crippen molar-refractivity contribution in [2.24, 2.45) is 25.0 Å². The van der Waals surface area contributed by atoms with E-state index in [4.69, 9.17) is 16.0 Å². The molecule has 5 atom stereocenters. The average molecular weight is 1800 g/mol. The maximum absolute atomic E-state index is 13.9. The number of rotatable bonds is 6. The Kier molecular flexibility index (Phi) is 20.6. The van der Waals surface area contributed by atoms with E-state index in [9.17, 15) is 67.8 Å². The molecule has 26 nitrogen and oxygen atoms in total. The van der Waals surface area contributed by atoms with Gasteiger partial charge in [-0.1, -0.05) is 41.4 Å². The number of benzene rings is 9. The molecule has 5 saturated heterocycles. The van der Waals surface area contributed by atoms with Crippen LogP contribution in [-0.4, -0.2) is 169 Å². The Hall–Kier alpha value is -13.6. The van der Waals surface area contributed by atoms with E-state index in [0.29, 0.717) is 146 Å². The minimum atomic E-state index is -1.75. The van der Waals surface area contributed by atoms with Crippen LogP contribution in [-0.2, 0) is 6.61 Å². The summed E-state index contributed by atoms with van der Waals surface area (Å²) in [4.78, 5) is 116. The molecule has 24 rings (SSSR count). The van der Waals surface area contributed by atoms with E-state index in [1.807, 2.05) is 141 Å². The van der Waals surface area contributed by atoms with Crippen LogP contribution in [0.15, 0.2) is 223 Å². The maximum atomic E-state index is 13.9. The summed E-state index contributed by atoms with van der Waals surface area (Å²) in [6.07, 6.45) is 4.75. The Labute approximate surface area is 752 Å². The summed E-state index contributed by atoms with van der Waals surface area (Å²) in [5.41, 5.74) is 7.72. The monoisotopic (exact) mass is 1800 g/mol. The van der Waals surface area contributed by atoms with Gasteiger partial charge in [-0.25, -0.2) is 48.1 Å². The number of hydrogen-bond acceptors (Lipinski definition) is 28. The summed E-state index contributed by atoms with van der Waals surface area (Å²) in [6, 6.07) is 51.5. The molecule has 0 amide bonds. The van der Waals surface area contributed by atoms with Gasteiger partial charge in [-0.15, -0.1) is 22.7 Å². The number of nitrogens with zero attached hydrogens (tertiary/aromatic N) is 14. The first kappa shape index (κ1) is 84.6. The minimum absolute atomic E-state index is 0.119. The fourth-order valence-corrected chi connectivity index (χ4v) is 20.2. The number of fused-ring (bicyclic) bond motifs is 14. The summed E-state index contributed by atoms with van der Waals surface area (Å²) in [7, 11) is 0. The van der Waals surface area contributed by atoms with Gasteiger partial charge in [-0.3, -0.25) is 33.9 Å². The summed E-state index contributed by atoms with van der Waals surface area (Å²) in [5.74, 6) is -1.23. The third-order valence-corrected chi connectivity index (χ3v) is 27.5. The third kappa shape index (κ3) is 14.0.